The maximum atomic E-state index is 12.1. The molecule has 0 aliphatic carbocycles. The second-order valence-electron chi connectivity index (χ2n) is 4.53. The fraction of sp³-hybridized carbons (Fsp3) is 0. The number of hydrogen-bond acceptors (Lipinski definition) is 4. The monoisotopic (exact) mass is 330 g/mol. The van der Waals surface area contributed by atoms with Crippen LogP contribution in [0.3, 0.4) is 0 Å². The Morgan fingerprint density at radius 2 is 1.91 bits per heavy atom. The lowest BCUT2D eigenvalue weighted by molar-refractivity contribution is 0.0959. The van der Waals surface area contributed by atoms with Crippen LogP contribution in [0.25, 0.3) is 10.1 Å². The Bertz CT molecular complexity index is 856. The molecule has 0 aliphatic heterocycles. The molecule has 1 aromatic heterocycles. The fourth-order valence-electron chi connectivity index (χ4n) is 1.94. The van der Waals surface area contributed by atoms with Crippen molar-refractivity contribution in [3.8, 4) is 5.75 Å². The molecular formula is C16H11ClN2O2S. The van der Waals surface area contributed by atoms with Gasteiger partial charge in [-0.2, -0.15) is 5.10 Å². The molecular weight excluding hydrogens is 320 g/mol. The molecule has 0 spiro atoms. The largest absolute Gasteiger partial charge is 0.508 e. The standard InChI is InChI=1S/C16H11ClN2O2S/c17-14-12-3-1-2-4-13(12)22-15(14)16(21)19-18-9-10-5-7-11(20)8-6-10/h1-9,20H,(H,19,21). The first-order valence-electron chi connectivity index (χ1n) is 6.44. The van der Waals surface area contributed by atoms with Gasteiger partial charge in [0.15, 0.2) is 0 Å². The zero-order valence-electron chi connectivity index (χ0n) is 11.3. The lowest BCUT2D eigenvalue weighted by Crippen LogP contribution is -2.16. The molecule has 110 valence electrons. The third-order valence-corrected chi connectivity index (χ3v) is 4.69. The van der Waals surface area contributed by atoms with Crippen molar-refractivity contribution in [3.05, 3.63) is 64.0 Å². The van der Waals surface area contributed by atoms with Crippen LogP contribution in [0.5, 0.6) is 5.75 Å². The summed E-state index contributed by atoms with van der Waals surface area (Å²) in [4.78, 5) is 12.6. The van der Waals surface area contributed by atoms with Gasteiger partial charge in [0.25, 0.3) is 5.91 Å². The molecule has 0 radical (unpaired) electrons. The summed E-state index contributed by atoms with van der Waals surface area (Å²) in [5, 5.41) is 14.4. The van der Waals surface area contributed by atoms with Crippen molar-refractivity contribution in [3.63, 3.8) is 0 Å². The Morgan fingerprint density at radius 3 is 2.64 bits per heavy atom. The van der Waals surface area contributed by atoms with Crippen LogP contribution in [0.2, 0.25) is 5.02 Å². The number of amides is 1. The highest BCUT2D eigenvalue weighted by Gasteiger charge is 2.16. The summed E-state index contributed by atoms with van der Waals surface area (Å²) in [5.74, 6) is -0.167. The van der Waals surface area contributed by atoms with Gasteiger partial charge in [0, 0.05) is 10.1 Å². The first kappa shape index (κ1) is 14.6. The third kappa shape index (κ3) is 2.95. The number of hydrogen-bond donors (Lipinski definition) is 2. The van der Waals surface area contributed by atoms with Crippen molar-refractivity contribution in [1.82, 2.24) is 5.43 Å². The van der Waals surface area contributed by atoms with Gasteiger partial charge in [0.2, 0.25) is 0 Å². The topological polar surface area (TPSA) is 61.7 Å². The zero-order chi connectivity index (χ0) is 15.5. The normalized spacial score (nSPS) is 11.1. The number of fused-ring (bicyclic) bond motifs is 1. The van der Waals surface area contributed by atoms with Gasteiger partial charge < -0.3 is 5.11 Å². The number of hydrazone groups is 1. The van der Waals surface area contributed by atoms with Gasteiger partial charge in [-0.25, -0.2) is 5.43 Å². The van der Waals surface area contributed by atoms with E-state index in [4.69, 9.17) is 11.6 Å². The molecule has 0 saturated carbocycles. The molecule has 0 saturated heterocycles. The maximum absolute atomic E-state index is 12.1. The average Bonchev–Trinajstić information content (AvgIpc) is 2.87. The highest BCUT2D eigenvalue weighted by atomic mass is 35.5. The minimum atomic E-state index is -0.346. The maximum Gasteiger partial charge on any atom is 0.283 e. The molecule has 0 aliphatic rings. The molecule has 4 nitrogen and oxygen atoms in total. The van der Waals surface area contributed by atoms with E-state index in [0.717, 1.165) is 15.6 Å². The molecule has 1 amide bonds. The summed E-state index contributed by atoms with van der Waals surface area (Å²) in [7, 11) is 0. The second-order valence-corrected chi connectivity index (χ2v) is 5.96. The number of carbonyl (C=O) groups is 1. The molecule has 0 fully saturated rings. The van der Waals surface area contributed by atoms with Crippen molar-refractivity contribution in [2.45, 2.75) is 0 Å². The highest BCUT2D eigenvalue weighted by molar-refractivity contribution is 7.21. The van der Waals surface area contributed by atoms with E-state index < -0.39 is 0 Å². The Hall–Kier alpha value is -2.37. The molecule has 0 bridgehead atoms. The number of carbonyl (C=O) groups excluding carboxylic acids is 1. The van der Waals surface area contributed by atoms with Crippen LogP contribution in [0.1, 0.15) is 15.2 Å². The fourth-order valence-corrected chi connectivity index (χ4v) is 3.34. The number of aromatic hydroxyl groups is 1. The van der Waals surface area contributed by atoms with Crippen LogP contribution in [0.15, 0.2) is 53.6 Å². The summed E-state index contributed by atoms with van der Waals surface area (Å²) in [6, 6.07) is 14.1. The van der Waals surface area contributed by atoms with Gasteiger partial charge in [-0.3, -0.25) is 4.79 Å². The molecule has 0 unspecified atom stereocenters. The predicted molar refractivity (Wildman–Crippen MR) is 90.0 cm³/mol. The SMILES string of the molecule is O=C(NN=Cc1ccc(O)cc1)c1sc2ccccc2c1Cl. The van der Waals surface area contributed by atoms with Gasteiger partial charge in [-0.15, -0.1) is 11.3 Å². The van der Waals surface area contributed by atoms with Crippen molar-refractivity contribution < 1.29 is 9.90 Å². The Kier molecular flexibility index (Phi) is 4.09. The lowest BCUT2D eigenvalue weighted by Gasteiger charge is -1.97. The van der Waals surface area contributed by atoms with Crippen molar-refractivity contribution >= 4 is 45.1 Å². The average molecular weight is 331 g/mol. The van der Waals surface area contributed by atoms with E-state index in [2.05, 4.69) is 10.5 Å². The molecule has 3 rings (SSSR count). The van der Waals surface area contributed by atoms with E-state index in [1.807, 2.05) is 24.3 Å². The lowest BCUT2D eigenvalue weighted by atomic mass is 10.2. The van der Waals surface area contributed by atoms with Gasteiger partial charge in [-0.1, -0.05) is 29.8 Å². The first-order valence-corrected chi connectivity index (χ1v) is 7.64. The van der Waals surface area contributed by atoms with Gasteiger partial charge in [0.05, 0.1) is 11.2 Å². The number of nitrogens with zero attached hydrogens (tertiary/aromatic N) is 1. The van der Waals surface area contributed by atoms with Crippen LogP contribution >= 0.6 is 22.9 Å². The molecule has 2 aromatic carbocycles. The van der Waals surface area contributed by atoms with E-state index in [-0.39, 0.29) is 11.7 Å². The molecule has 6 heteroatoms. The van der Waals surface area contributed by atoms with Crippen LogP contribution in [0, 0.1) is 0 Å². The number of nitrogens with one attached hydrogen (secondary N) is 1. The Balaban J connectivity index is 1.76. The number of benzene rings is 2. The Labute approximate surface area is 135 Å². The second kappa shape index (κ2) is 6.17. The number of halogens is 1. The zero-order valence-corrected chi connectivity index (χ0v) is 12.9. The number of thiophene rings is 1. The summed E-state index contributed by atoms with van der Waals surface area (Å²) in [6.07, 6.45) is 1.50. The number of phenolic OH excluding ortho intramolecular Hbond substituents is 1. The third-order valence-electron chi connectivity index (χ3n) is 3.01. The van der Waals surface area contributed by atoms with Gasteiger partial charge >= 0.3 is 0 Å². The van der Waals surface area contributed by atoms with Crippen molar-refractivity contribution in [1.29, 1.82) is 0 Å². The summed E-state index contributed by atoms with van der Waals surface area (Å²) < 4.78 is 0.958. The van der Waals surface area contributed by atoms with Crippen molar-refractivity contribution in [2.75, 3.05) is 0 Å². The van der Waals surface area contributed by atoms with Crippen LogP contribution in [-0.2, 0) is 0 Å². The quantitative estimate of drug-likeness (QED) is 0.562. The molecule has 22 heavy (non-hydrogen) atoms. The van der Waals surface area contributed by atoms with Crippen LogP contribution in [-0.4, -0.2) is 17.2 Å². The summed E-state index contributed by atoms with van der Waals surface area (Å²) in [5.41, 5.74) is 3.22. The minimum Gasteiger partial charge on any atom is -0.508 e. The van der Waals surface area contributed by atoms with Crippen LogP contribution < -0.4 is 5.43 Å². The van der Waals surface area contributed by atoms with Gasteiger partial charge in [-0.05, 0) is 35.9 Å². The van der Waals surface area contributed by atoms with E-state index >= 15 is 0 Å². The van der Waals surface area contributed by atoms with E-state index in [9.17, 15) is 9.90 Å². The van der Waals surface area contributed by atoms with Gasteiger partial charge in [0.1, 0.15) is 10.6 Å². The highest BCUT2D eigenvalue weighted by Crippen LogP contribution is 2.34. The smallest absolute Gasteiger partial charge is 0.283 e. The number of rotatable bonds is 3. The van der Waals surface area contributed by atoms with Crippen molar-refractivity contribution in [2.24, 2.45) is 5.10 Å². The summed E-state index contributed by atoms with van der Waals surface area (Å²) in [6.45, 7) is 0. The van der Waals surface area contributed by atoms with E-state index in [0.29, 0.717) is 9.90 Å². The minimum absolute atomic E-state index is 0.179. The number of phenols is 1. The molecule has 3 aromatic rings. The Morgan fingerprint density at radius 1 is 1.18 bits per heavy atom. The van der Waals surface area contributed by atoms with E-state index in [1.54, 1.807) is 24.3 Å². The first-order chi connectivity index (χ1) is 10.6. The van der Waals surface area contributed by atoms with Crippen LogP contribution in [0.4, 0.5) is 0 Å². The summed E-state index contributed by atoms with van der Waals surface area (Å²) >= 11 is 7.56. The molecule has 2 N–H and O–H groups in total. The predicted octanol–water partition coefficient (Wildman–Crippen LogP) is 4.02. The molecule has 0 atom stereocenters. The van der Waals surface area contributed by atoms with E-state index in [1.165, 1.54) is 17.6 Å². The molecule has 1 heterocycles.